The van der Waals surface area contributed by atoms with E-state index in [1.165, 1.54) is 6.07 Å². The standard InChI is InChI=1S/C7H5BrF3NO/c8-5-2-3(12)1-4(6(5)13)7(9,10)11/h1-2,13H,12H2. The van der Waals surface area contributed by atoms with Crippen LogP contribution in [-0.2, 0) is 6.18 Å². The molecule has 0 heterocycles. The summed E-state index contributed by atoms with van der Waals surface area (Å²) < 4.78 is 36.4. The van der Waals surface area contributed by atoms with E-state index in [0.29, 0.717) is 6.07 Å². The van der Waals surface area contributed by atoms with Crippen molar-refractivity contribution in [3.05, 3.63) is 22.2 Å². The molecular weight excluding hydrogens is 251 g/mol. The Morgan fingerprint density at radius 2 is 1.85 bits per heavy atom. The number of benzene rings is 1. The summed E-state index contributed by atoms with van der Waals surface area (Å²) in [6, 6.07) is 1.88. The van der Waals surface area contributed by atoms with E-state index >= 15 is 0 Å². The Labute approximate surface area is 80.3 Å². The van der Waals surface area contributed by atoms with Gasteiger partial charge >= 0.3 is 6.18 Å². The molecule has 6 heteroatoms. The maximum atomic E-state index is 12.2. The second kappa shape index (κ2) is 3.10. The van der Waals surface area contributed by atoms with E-state index in [2.05, 4.69) is 15.9 Å². The highest BCUT2D eigenvalue weighted by Gasteiger charge is 2.34. The van der Waals surface area contributed by atoms with Gasteiger partial charge in [0.15, 0.2) is 0 Å². The number of nitrogen functional groups attached to an aromatic ring is 1. The van der Waals surface area contributed by atoms with Crippen molar-refractivity contribution in [1.29, 1.82) is 0 Å². The summed E-state index contributed by atoms with van der Waals surface area (Å²) in [5.41, 5.74) is 3.99. The van der Waals surface area contributed by atoms with Gasteiger partial charge in [-0.05, 0) is 28.1 Å². The van der Waals surface area contributed by atoms with Crippen LogP contribution in [0.3, 0.4) is 0 Å². The Morgan fingerprint density at radius 3 is 2.31 bits per heavy atom. The van der Waals surface area contributed by atoms with Crippen LogP contribution in [0.1, 0.15) is 5.56 Å². The number of anilines is 1. The van der Waals surface area contributed by atoms with Gasteiger partial charge in [0.25, 0.3) is 0 Å². The zero-order valence-electron chi connectivity index (χ0n) is 6.19. The van der Waals surface area contributed by atoms with E-state index in [0.717, 1.165) is 0 Å². The fourth-order valence-electron chi connectivity index (χ4n) is 0.836. The van der Waals surface area contributed by atoms with Crippen molar-refractivity contribution < 1.29 is 18.3 Å². The topological polar surface area (TPSA) is 46.2 Å². The molecule has 1 aromatic carbocycles. The SMILES string of the molecule is Nc1cc(Br)c(O)c(C(F)(F)F)c1. The summed E-state index contributed by atoms with van der Waals surface area (Å²) >= 11 is 2.76. The van der Waals surface area contributed by atoms with Gasteiger partial charge in [-0.2, -0.15) is 13.2 Å². The van der Waals surface area contributed by atoms with Crippen LogP contribution in [0, 0.1) is 0 Å². The molecule has 0 aliphatic heterocycles. The lowest BCUT2D eigenvalue weighted by atomic mass is 10.2. The zero-order valence-corrected chi connectivity index (χ0v) is 7.78. The summed E-state index contributed by atoms with van der Waals surface area (Å²) in [6.07, 6.45) is -4.60. The van der Waals surface area contributed by atoms with Crippen LogP contribution in [0.4, 0.5) is 18.9 Å². The smallest absolute Gasteiger partial charge is 0.420 e. The molecule has 0 unspecified atom stereocenters. The minimum atomic E-state index is -4.60. The van der Waals surface area contributed by atoms with Crippen LogP contribution in [0.15, 0.2) is 16.6 Å². The van der Waals surface area contributed by atoms with E-state index in [4.69, 9.17) is 10.8 Å². The molecule has 3 N–H and O–H groups in total. The van der Waals surface area contributed by atoms with Crippen LogP contribution >= 0.6 is 15.9 Å². The molecule has 72 valence electrons. The molecule has 0 aliphatic carbocycles. The average molecular weight is 256 g/mol. The number of aromatic hydroxyl groups is 1. The van der Waals surface area contributed by atoms with Gasteiger partial charge in [0, 0.05) is 5.69 Å². The normalized spacial score (nSPS) is 11.7. The first-order valence-corrected chi connectivity index (χ1v) is 3.97. The van der Waals surface area contributed by atoms with Gasteiger partial charge in [-0.15, -0.1) is 0 Å². The molecule has 0 aliphatic rings. The fourth-order valence-corrected chi connectivity index (χ4v) is 1.31. The summed E-state index contributed by atoms with van der Waals surface area (Å²) in [7, 11) is 0. The number of phenolic OH excluding ortho intramolecular Hbond substituents is 1. The average Bonchev–Trinajstić information content (AvgIpc) is 1.94. The number of hydrogen-bond acceptors (Lipinski definition) is 2. The lowest BCUT2D eigenvalue weighted by Crippen LogP contribution is -2.06. The molecule has 0 radical (unpaired) electrons. The Morgan fingerprint density at radius 1 is 1.31 bits per heavy atom. The predicted molar refractivity (Wildman–Crippen MR) is 45.2 cm³/mol. The first-order chi connectivity index (χ1) is 5.82. The molecule has 0 aromatic heterocycles. The first-order valence-electron chi connectivity index (χ1n) is 3.17. The van der Waals surface area contributed by atoms with Crippen molar-refractivity contribution >= 4 is 21.6 Å². The molecule has 0 spiro atoms. The van der Waals surface area contributed by atoms with Crippen LogP contribution in [-0.4, -0.2) is 5.11 Å². The molecule has 13 heavy (non-hydrogen) atoms. The van der Waals surface area contributed by atoms with E-state index in [9.17, 15) is 13.2 Å². The third kappa shape index (κ3) is 2.06. The molecule has 1 aromatic rings. The fraction of sp³-hybridized carbons (Fsp3) is 0.143. The number of phenols is 1. The molecule has 0 saturated carbocycles. The van der Waals surface area contributed by atoms with Gasteiger partial charge in [-0.3, -0.25) is 0 Å². The third-order valence-corrected chi connectivity index (χ3v) is 2.00. The van der Waals surface area contributed by atoms with E-state index in [1.54, 1.807) is 0 Å². The van der Waals surface area contributed by atoms with Crippen molar-refractivity contribution in [2.75, 3.05) is 5.73 Å². The summed E-state index contributed by atoms with van der Waals surface area (Å²) in [6.45, 7) is 0. The summed E-state index contributed by atoms with van der Waals surface area (Å²) in [4.78, 5) is 0. The third-order valence-electron chi connectivity index (χ3n) is 1.39. The number of halogens is 4. The van der Waals surface area contributed by atoms with E-state index in [-0.39, 0.29) is 10.2 Å². The van der Waals surface area contributed by atoms with Gasteiger partial charge in [-0.1, -0.05) is 0 Å². The zero-order chi connectivity index (χ0) is 10.2. The highest BCUT2D eigenvalue weighted by Crippen LogP contribution is 2.40. The van der Waals surface area contributed by atoms with Gasteiger partial charge in [0.1, 0.15) is 11.3 Å². The van der Waals surface area contributed by atoms with Crippen molar-refractivity contribution in [2.45, 2.75) is 6.18 Å². The number of nitrogens with two attached hydrogens (primary N) is 1. The Hall–Kier alpha value is -0.910. The van der Waals surface area contributed by atoms with Gasteiger partial charge in [0.2, 0.25) is 0 Å². The molecule has 2 nitrogen and oxygen atoms in total. The molecule has 0 fully saturated rings. The van der Waals surface area contributed by atoms with Gasteiger partial charge < -0.3 is 10.8 Å². The van der Waals surface area contributed by atoms with Crippen molar-refractivity contribution in [3.63, 3.8) is 0 Å². The second-order valence-corrected chi connectivity index (χ2v) is 3.25. The van der Waals surface area contributed by atoms with Crippen LogP contribution in [0.5, 0.6) is 5.75 Å². The molecule has 0 saturated heterocycles. The Bertz CT molecular complexity index is 337. The number of hydrogen-bond donors (Lipinski definition) is 2. The van der Waals surface area contributed by atoms with Crippen LogP contribution < -0.4 is 5.73 Å². The number of rotatable bonds is 0. The second-order valence-electron chi connectivity index (χ2n) is 2.40. The highest BCUT2D eigenvalue weighted by atomic mass is 79.9. The van der Waals surface area contributed by atoms with E-state index < -0.39 is 17.5 Å². The van der Waals surface area contributed by atoms with Gasteiger partial charge in [0.05, 0.1) is 4.47 Å². The molecule has 0 atom stereocenters. The predicted octanol–water partition coefficient (Wildman–Crippen LogP) is 2.76. The van der Waals surface area contributed by atoms with Crippen LogP contribution in [0.2, 0.25) is 0 Å². The lowest BCUT2D eigenvalue weighted by molar-refractivity contribution is -0.138. The minimum absolute atomic E-state index is 0.0583. The minimum Gasteiger partial charge on any atom is -0.506 e. The molecule has 0 amide bonds. The molecule has 1 rings (SSSR count). The monoisotopic (exact) mass is 255 g/mol. The summed E-state index contributed by atoms with van der Waals surface area (Å²) in [5, 5.41) is 9.04. The highest BCUT2D eigenvalue weighted by molar-refractivity contribution is 9.10. The van der Waals surface area contributed by atoms with Crippen molar-refractivity contribution in [3.8, 4) is 5.75 Å². The van der Waals surface area contributed by atoms with Crippen molar-refractivity contribution in [1.82, 2.24) is 0 Å². The Balaban J connectivity index is 3.37. The lowest BCUT2D eigenvalue weighted by Gasteiger charge is -2.10. The van der Waals surface area contributed by atoms with Crippen LogP contribution in [0.25, 0.3) is 0 Å². The first kappa shape index (κ1) is 10.2. The Kier molecular flexibility index (Phi) is 2.42. The summed E-state index contributed by atoms with van der Waals surface area (Å²) in [5.74, 6) is -0.846. The quantitative estimate of drug-likeness (QED) is 0.553. The van der Waals surface area contributed by atoms with Gasteiger partial charge in [-0.25, -0.2) is 0 Å². The molecular formula is C7H5BrF3NO. The largest absolute Gasteiger partial charge is 0.506 e. The van der Waals surface area contributed by atoms with E-state index in [1.807, 2.05) is 0 Å². The number of alkyl halides is 3. The maximum Gasteiger partial charge on any atom is 0.420 e. The maximum absolute atomic E-state index is 12.2. The molecule has 0 bridgehead atoms. The van der Waals surface area contributed by atoms with Crippen molar-refractivity contribution in [2.24, 2.45) is 0 Å².